The molecule has 1 amide bonds. The molecule has 1 aromatic heterocycles. The zero-order valence-corrected chi connectivity index (χ0v) is 9.93. The van der Waals surface area contributed by atoms with Crippen LogP contribution in [-0.2, 0) is 4.74 Å². The van der Waals surface area contributed by atoms with Gasteiger partial charge in [0.25, 0.3) is 5.91 Å². The molecule has 3 N–H and O–H groups in total. The van der Waals surface area contributed by atoms with Gasteiger partial charge in [-0.3, -0.25) is 4.79 Å². The summed E-state index contributed by atoms with van der Waals surface area (Å²) in [5, 5.41) is 10.3. The highest BCUT2D eigenvalue weighted by atomic mass is 16.5. The first-order chi connectivity index (χ1) is 8.01. The monoisotopic (exact) mass is 236 g/mol. The second-order valence-corrected chi connectivity index (χ2v) is 4.48. The number of hydrogen-bond donors (Lipinski definition) is 2. The number of carbonyl (C=O) groups excluding carboxylic acids is 1. The smallest absolute Gasteiger partial charge is 0.272 e. The first kappa shape index (κ1) is 11.8. The molecule has 1 fully saturated rings. The van der Waals surface area contributed by atoms with E-state index in [0.717, 1.165) is 6.42 Å². The number of nitrogens with zero attached hydrogens (tertiary/aromatic N) is 2. The number of nitrogens with one attached hydrogen (secondary N) is 1. The van der Waals surface area contributed by atoms with Gasteiger partial charge in [-0.1, -0.05) is 0 Å². The van der Waals surface area contributed by atoms with Crippen LogP contribution in [0.15, 0.2) is 12.1 Å². The number of amides is 1. The number of aromatic nitrogens is 2. The van der Waals surface area contributed by atoms with Crippen LogP contribution in [0.4, 0.5) is 5.82 Å². The van der Waals surface area contributed by atoms with Gasteiger partial charge in [0.15, 0.2) is 5.69 Å². The van der Waals surface area contributed by atoms with E-state index in [1.807, 2.05) is 13.8 Å². The summed E-state index contributed by atoms with van der Waals surface area (Å²) in [5.41, 5.74) is 5.33. The molecule has 0 radical (unpaired) electrons. The minimum atomic E-state index is -0.347. The topological polar surface area (TPSA) is 90.1 Å². The molecule has 0 bridgehead atoms. The van der Waals surface area contributed by atoms with Gasteiger partial charge in [-0.15, -0.1) is 10.2 Å². The summed E-state index contributed by atoms with van der Waals surface area (Å²) in [6.45, 7) is 4.57. The number of carbonyl (C=O) groups is 1. The average molecular weight is 236 g/mol. The van der Waals surface area contributed by atoms with E-state index >= 15 is 0 Å². The molecular weight excluding hydrogens is 220 g/mol. The van der Waals surface area contributed by atoms with Gasteiger partial charge in [-0.05, 0) is 32.4 Å². The van der Waals surface area contributed by atoms with Gasteiger partial charge >= 0.3 is 0 Å². The molecule has 1 saturated heterocycles. The van der Waals surface area contributed by atoms with Crippen LogP contribution in [0.25, 0.3) is 0 Å². The fourth-order valence-electron chi connectivity index (χ4n) is 1.79. The zero-order chi connectivity index (χ0) is 12.5. The maximum Gasteiger partial charge on any atom is 0.272 e. The van der Waals surface area contributed by atoms with Gasteiger partial charge in [0.2, 0.25) is 0 Å². The number of rotatable bonds is 2. The molecule has 2 unspecified atom stereocenters. The van der Waals surface area contributed by atoms with E-state index in [0.29, 0.717) is 12.4 Å². The molecule has 0 spiro atoms. The Labute approximate surface area is 99.6 Å². The van der Waals surface area contributed by atoms with Crippen molar-refractivity contribution in [2.24, 2.45) is 0 Å². The van der Waals surface area contributed by atoms with E-state index in [4.69, 9.17) is 10.5 Å². The van der Waals surface area contributed by atoms with E-state index < -0.39 is 0 Å². The largest absolute Gasteiger partial charge is 0.382 e. The zero-order valence-electron chi connectivity index (χ0n) is 9.93. The Bertz CT molecular complexity index is 420. The Hall–Kier alpha value is -1.69. The fourth-order valence-corrected chi connectivity index (χ4v) is 1.79. The third-order valence-corrected chi connectivity index (χ3v) is 3.20. The van der Waals surface area contributed by atoms with Crippen LogP contribution in [0.1, 0.15) is 30.8 Å². The molecule has 6 heteroatoms. The molecule has 0 aliphatic carbocycles. The van der Waals surface area contributed by atoms with Crippen molar-refractivity contribution in [3.05, 3.63) is 17.8 Å². The molecule has 17 heavy (non-hydrogen) atoms. The lowest BCUT2D eigenvalue weighted by atomic mass is 9.94. The molecule has 1 aromatic rings. The van der Waals surface area contributed by atoms with Gasteiger partial charge in [0.1, 0.15) is 5.82 Å². The second kappa shape index (κ2) is 4.29. The van der Waals surface area contributed by atoms with Crippen LogP contribution in [0.3, 0.4) is 0 Å². The van der Waals surface area contributed by atoms with Gasteiger partial charge < -0.3 is 15.8 Å². The molecule has 2 rings (SSSR count). The molecular formula is C11H16N4O2. The van der Waals surface area contributed by atoms with Crippen LogP contribution in [0, 0.1) is 0 Å². The number of nitrogen functional groups attached to an aromatic ring is 1. The first-order valence-corrected chi connectivity index (χ1v) is 5.54. The summed E-state index contributed by atoms with van der Waals surface area (Å²) in [4.78, 5) is 12.0. The van der Waals surface area contributed by atoms with Crippen LogP contribution in [-0.4, -0.2) is 34.4 Å². The molecule has 1 aliphatic heterocycles. The summed E-state index contributed by atoms with van der Waals surface area (Å²) in [6, 6.07) is 3.11. The third kappa shape index (κ3) is 2.36. The lowest BCUT2D eigenvalue weighted by Gasteiger charge is -2.28. The maximum absolute atomic E-state index is 12.0. The van der Waals surface area contributed by atoms with Gasteiger partial charge in [0.05, 0.1) is 11.6 Å². The number of ether oxygens (including phenoxy) is 1. The van der Waals surface area contributed by atoms with Crippen molar-refractivity contribution in [3.63, 3.8) is 0 Å². The molecule has 0 saturated carbocycles. The van der Waals surface area contributed by atoms with Crippen LogP contribution < -0.4 is 11.1 Å². The SMILES string of the molecule is CC1OCCC1(C)NC(=O)c1ccc(N)nn1. The van der Waals surface area contributed by atoms with E-state index in [2.05, 4.69) is 15.5 Å². The molecule has 92 valence electrons. The van der Waals surface area contributed by atoms with Crippen molar-refractivity contribution < 1.29 is 9.53 Å². The van der Waals surface area contributed by atoms with Crippen molar-refractivity contribution in [2.45, 2.75) is 31.9 Å². The lowest BCUT2D eigenvalue weighted by Crippen LogP contribution is -2.50. The first-order valence-electron chi connectivity index (χ1n) is 5.54. The summed E-state index contributed by atoms with van der Waals surface area (Å²) in [7, 11) is 0. The number of nitrogens with two attached hydrogens (primary N) is 1. The van der Waals surface area contributed by atoms with Crippen LogP contribution >= 0.6 is 0 Å². The summed E-state index contributed by atoms with van der Waals surface area (Å²) in [6.07, 6.45) is 0.788. The normalized spacial score (nSPS) is 28.0. The highest BCUT2D eigenvalue weighted by molar-refractivity contribution is 5.92. The van der Waals surface area contributed by atoms with Crippen molar-refractivity contribution in [1.82, 2.24) is 15.5 Å². The highest BCUT2D eigenvalue weighted by Crippen LogP contribution is 2.25. The quantitative estimate of drug-likeness (QED) is 0.773. The van der Waals surface area contributed by atoms with Gasteiger partial charge in [-0.25, -0.2) is 0 Å². The molecule has 0 aromatic carbocycles. The summed E-state index contributed by atoms with van der Waals surface area (Å²) >= 11 is 0. The minimum absolute atomic E-state index is 0.00630. The molecule has 6 nitrogen and oxygen atoms in total. The Morgan fingerprint density at radius 1 is 1.59 bits per heavy atom. The number of hydrogen-bond acceptors (Lipinski definition) is 5. The molecule has 2 atom stereocenters. The standard InChI is InChI=1S/C11H16N4O2/c1-7-11(2,5-6-17-7)13-10(16)8-3-4-9(12)15-14-8/h3-4,7H,5-6H2,1-2H3,(H2,12,15)(H,13,16). The van der Waals surface area contributed by atoms with Crippen molar-refractivity contribution >= 4 is 11.7 Å². The summed E-state index contributed by atoms with van der Waals surface area (Å²) < 4.78 is 5.45. The fraction of sp³-hybridized carbons (Fsp3) is 0.545. The van der Waals surface area contributed by atoms with Gasteiger partial charge in [-0.2, -0.15) is 0 Å². The maximum atomic E-state index is 12.0. The Kier molecular flexibility index (Phi) is 2.97. The minimum Gasteiger partial charge on any atom is -0.382 e. The van der Waals surface area contributed by atoms with Crippen LogP contribution in [0.5, 0.6) is 0 Å². The Balaban J connectivity index is 2.09. The van der Waals surface area contributed by atoms with Gasteiger partial charge in [0, 0.05) is 6.61 Å². The molecule has 2 heterocycles. The predicted octanol–water partition coefficient (Wildman–Crippen LogP) is 0.356. The van der Waals surface area contributed by atoms with Crippen molar-refractivity contribution in [3.8, 4) is 0 Å². The Morgan fingerprint density at radius 3 is 2.88 bits per heavy atom. The van der Waals surface area contributed by atoms with E-state index in [1.165, 1.54) is 0 Å². The average Bonchev–Trinajstić information content (AvgIpc) is 2.60. The predicted molar refractivity (Wildman–Crippen MR) is 62.3 cm³/mol. The second-order valence-electron chi connectivity index (χ2n) is 4.48. The van der Waals surface area contributed by atoms with E-state index in [9.17, 15) is 4.79 Å². The lowest BCUT2D eigenvalue weighted by molar-refractivity contribution is 0.0723. The van der Waals surface area contributed by atoms with Crippen LogP contribution in [0.2, 0.25) is 0 Å². The summed E-state index contributed by atoms with van der Waals surface area (Å²) in [5.74, 6) is 0.0441. The van der Waals surface area contributed by atoms with E-state index in [1.54, 1.807) is 12.1 Å². The highest BCUT2D eigenvalue weighted by Gasteiger charge is 2.38. The third-order valence-electron chi connectivity index (χ3n) is 3.20. The number of anilines is 1. The molecule has 1 aliphatic rings. The van der Waals surface area contributed by atoms with Crippen molar-refractivity contribution in [2.75, 3.05) is 12.3 Å². The van der Waals surface area contributed by atoms with E-state index in [-0.39, 0.29) is 23.2 Å². The van der Waals surface area contributed by atoms with Crippen molar-refractivity contribution in [1.29, 1.82) is 0 Å². The Morgan fingerprint density at radius 2 is 2.35 bits per heavy atom.